The maximum atomic E-state index is 13.4. The Labute approximate surface area is 212 Å². The van der Waals surface area contributed by atoms with Gasteiger partial charge in [-0.3, -0.25) is 9.59 Å². The van der Waals surface area contributed by atoms with Gasteiger partial charge in [0, 0.05) is 0 Å². The predicted octanol–water partition coefficient (Wildman–Crippen LogP) is 4.85. The molecular weight excluding hydrogens is 456 g/mol. The number of carbonyl (C=O) groups is 2. The van der Waals surface area contributed by atoms with E-state index in [1.807, 2.05) is 74.5 Å². The summed E-state index contributed by atoms with van der Waals surface area (Å²) in [6, 6.07) is 21.9. The van der Waals surface area contributed by atoms with E-state index in [4.69, 9.17) is 14.2 Å². The number of hydrogen-bond donors (Lipinski definition) is 2. The van der Waals surface area contributed by atoms with Crippen molar-refractivity contribution in [2.45, 2.75) is 25.9 Å². The summed E-state index contributed by atoms with van der Waals surface area (Å²) >= 11 is 0. The molecule has 2 N–H and O–H groups in total. The lowest BCUT2D eigenvalue weighted by Gasteiger charge is -2.19. The molecule has 3 aromatic carbocycles. The zero-order chi connectivity index (χ0) is 26.1. The van der Waals surface area contributed by atoms with E-state index in [1.165, 1.54) is 27.4 Å². The van der Waals surface area contributed by atoms with Crippen LogP contribution in [0.1, 0.15) is 42.6 Å². The Kier molecular flexibility index (Phi) is 9.11. The van der Waals surface area contributed by atoms with Crippen molar-refractivity contribution in [3.05, 3.63) is 95.1 Å². The Hall–Kier alpha value is -4.26. The molecule has 0 aliphatic carbocycles. The van der Waals surface area contributed by atoms with Gasteiger partial charge in [0.15, 0.2) is 11.5 Å². The van der Waals surface area contributed by atoms with Crippen LogP contribution in [0, 0.1) is 0 Å². The normalized spacial score (nSPS) is 12.0. The van der Waals surface area contributed by atoms with Gasteiger partial charge in [-0.1, -0.05) is 60.7 Å². The lowest BCUT2D eigenvalue weighted by atomic mass is 10.0. The van der Waals surface area contributed by atoms with Crippen molar-refractivity contribution in [2.24, 2.45) is 0 Å². The number of nitrogens with one attached hydrogen (secondary N) is 2. The lowest BCUT2D eigenvalue weighted by molar-refractivity contribution is -0.124. The highest BCUT2D eigenvalue weighted by atomic mass is 16.5. The first kappa shape index (κ1) is 26.3. The average Bonchev–Trinajstić information content (AvgIpc) is 2.91. The molecule has 0 spiro atoms. The molecule has 0 aromatic heterocycles. The summed E-state index contributed by atoms with van der Waals surface area (Å²) in [6.07, 6.45) is 1.52. The van der Waals surface area contributed by atoms with E-state index in [2.05, 4.69) is 10.6 Å². The smallest absolute Gasteiger partial charge is 0.257 e. The first-order valence-electron chi connectivity index (χ1n) is 11.6. The molecule has 0 saturated heterocycles. The van der Waals surface area contributed by atoms with Crippen molar-refractivity contribution in [2.75, 3.05) is 21.3 Å². The van der Waals surface area contributed by atoms with Crippen molar-refractivity contribution in [1.29, 1.82) is 0 Å². The van der Waals surface area contributed by atoms with Gasteiger partial charge in [0.2, 0.25) is 5.75 Å². The van der Waals surface area contributed by atoms with Crippen LogP contribution in [-0.2, 0) is 9.59 Å². The minimum Gasteiger partial charge on any atom is -0.493 e. The first-order valence-corrected chi connectivity index (χ1v) is 11.6. The molecule has 0 radical (unpaired) electrons. The Morgan fingerprint density at radius 2 is 1.11 bits per heavy atom. The second kappa shape index (κ2) is 12.4. The monoisotopic (exact) mass is 488 g/mol. The fourth-order valence-corrected chi connectivity index (χ4v) is 3.78. The molecule has 188 valence electrons. The fourth-order valence-electron chi connectivity index (χ4n) is 3.78. The molecule has 0 aliphatic rings. The molecule has 36 heavy (non-hydrogen) atoms. The summed E-state index contributed by atoms with van der Waals surface area (Å²) < 4.78 is 16.2. The van der Waals surface area contributed by atoms with Crippen LogP contribution in [0.4, 0.5) is 0 Å². The molecule has 0 heterocycles. The largest absolute Gasteiger partial charge is 0.493 e. The molecule has 0 aliphatic heterocycles. The molecule has 3 aromatic rings. The van der Waals surface area contributed by atoms with Crippen LogP contribution in [-0.4, -0.2) is 33.1 Å². The molecule has 2 amide bonds. The first-order chi connectivity index (χ1) is 17.4. The van der Waals surface area contributed by atoms with Gasteiger partial charge < -0.3 is 24.8 Å². The molecule has 2 unspecified atom stereocenters. The van der Waals surface area contributed by atoms with Crippen LogP contribution >= 0.6 is 0 Å². The highest BCUT2D eigenvalue weighted by Gasteiger charge is 2.23. The standard InChI is InChI=1S/C29H32N2O5/c1-19(22-12-8-6-9-13-22)30-28(32)24(29(33)31-20(2)23-14-10-7-11-15-23)16-21-17-25(34-3)27(36-5)26(18-21)35-4/h6-20H,1-5H3,(H,30,32)(H,31,33). The number of amides is 2. The van der Waals surface area contributed by atoms with Crippen molar-refractivity contribution in [3.63, 3.8) is 0 Å². The van der Waals surface area contributed by atoms with Crippen LogP contribution in [0.25, 0.3) is 6.08 Å². The number of rotatable bonds is 10. The minimum absolute atomic E-state index is 0.0464. The quantitative estimate of drug-likeness (QED) is 0.242. The topological polar surface area (TPSA) is 85.9 Å². The van der Waals surface area contributed by atoms with E-state index in [1.54, 1.807) is 12.1 Å². The van der Waals surface area contributed by atoms with Crippen LogP contribution in [0.2, 0.25) is 0 Å². The number of ether oxygens (including phenoxy) is 3. The lowest BCUT2D eigenvalue weighted by Crippen LogP contribution is -2.36. The third-order valence-corrected chi connectivity index (χ3v) is 5.78. The van der Waals surface area contributed by atoms with Gasteiger partial charge >= 0.3 is 0 Å². The average molecular weight is 489 g/mol. The van der Waals surface area contributed by atoms with Gasteiger partial charge in [0.1, 0.15) is 5.57 Å². The summed E-state index contributed by atoms with van der Waals surface area (Å²) in [5.41, 5.74) is 2.35. The SMILES string of the molecule is COc1cc(C=C(C(=O)NC(C)c2ccccc2)C(=O)NC(C)c2ccccc2)cc(OC)c1OC. The molecule has 2 atom stereocenters. The minimum atomic E-state index is -0.502. The van der Waals surface area contributed by atoms with E-state index in [0.29, 0.717) is 22.8 Å². The van der Waals surface area contributed by atoms with Crippen LogP contribution < -0.4 is 24.8 Å². The van der Waals surface area contributed by atoms with Crippen LogP contribution in [0.15, 0.2) is 78.4 Å². The van der Waals surface area contributed by atoms with Gasteiger partial charge in [-0.25, -0.2) is 0 Å². The second-order valence-electron chi connectivity index (χ2n) is 8.23. The number of carbonyl (C=O) groups excluding carboxylic acids is 2. The van der Waals surface area contributed by atoms with Crippen molar-refractivity contribution >= 4 is 17.9 Å². The molecule has 0 saturated carbocycles. The van der Waals surface area contributed by atoms with E-state index < -0.39 is 11.8 Å². The highest BCUT2D eigenvalue weighted by molar-refractivity contribution is 6.21. The summed E-state index contributed by atoms with van der Waals surface area (Å²) in [5.74, 6) is 0.246. The maximum absolute atomic E-state index is 13.4. The summed E-state index contributed by atoms with van der Waals surface area (Å²) in [5, 5.41) is 5.87. The Balaban J connectivity index is 1.98. The molecule has 7 heteroatoms. The molecule has 7 nitrogen and oxygen atoms in total. The van der Waals surface area contributed by atoms with Gasteiger partial charge in [-0.2, -0.15) is 0 Å². The van der Waals surface area contributed by atoms with Gasteiger partial charge in [0.05, 0.1) is 33.4 Å². The fraction of sp³-hybridized carbons (Fsp3) is 0.241. The number of hydrogen-bond acceptors (Lipinski definition) is 5. The van der Waals surface area contributed by atoms with Crippen LogP contribution in [0.5, 0.6) is 17.2 Å². The van der Waals surface area contributed by atoms with Crippen molar-refractivity contribution < 1.29 is 23.8 Å². The van der Waals surface area contributed by atoms with Crippen molar-refractivity contribution in [1.82, 2.24) is 10.6 Å². The van der Waals surface area contributed by atoms with E-state index in [-0.39, 0.29) is 17.7 Å². The number of methoxy groups -OCH3 is 3. The molecule has 3 rings (SSSR count). The third-order valence-electron chi connectivity index (χ3n) is 5.78. The van der Waals surface area contributed by atoms with E-state index >= 15 is 0 Å². The Morgan fingerprint density at radius 3 is 1.47 bits per heavy atom. The maximum Gasteiger partial charge on any atom is 0.257 e. The molecular formula is C29H32N2O5. The summed E-state index contributed by atoms with van der Waals surface area (Å²) in [4.78, 5) is 26.8. The van der Waals surface area contributed by atoms with Crippen LogP contribution in [0.3, 0.4) is 0 Å². The molecule has 0 fully saturated rings. The zero-order valence-corrected chi connectivity index (χ0v) is 21.2. The third kappa shape index (κ3) is 6.44. The van der Waals surface area contributed by atoms with Crippen molar-refractivity contribution in [3.8, 4) is 17.2 Å². The predicted molar refractivity (Wildman–Crippen MR) is 140 cm³/mol. The van der Waals surface area contributed by atoms with Gasteiger partial charge in [-0.05, 0) is 48.7 Å². The van der Waals surface area contributed by atoms with E-state index in [9.17, 15) is 9.59 Å². The Morgan fingerprint density at radius 1 is 0.694 bits per heavy atom. The second-order valence-corrected chi connectivity index (χ2v) is 8.23. The molecule has 0 bridgehead atoms. The summed E-state index contributed by atoms with van der Waals surface area (Å²) in [6.45, 7) is 3.74. The van der Waals surface area contributed by atoms with Gasteiger partial charge in [-0.15, -0.1) is 0 Å². The zero-order valence-electron chi connectivity index (χ0n) is 21.2. The summed E-state index contributed by atoms with van der Waals surface area (Å²) in [7, 11) is 4.53. The highest BCUT2D eigenvalue weighted by Crippen LogP contribution is 2.38. The Bertz CT molecular complexity index is 1120. The van der Waals surface area contributed by atoms with E-state index in [0.717, 1.165) is 11.1 Å². The van der Waals surface area contributed by atoms with Gasteiger partial charge in [0.25, 0.3) is 11.8 Å². The number of benzene rings is 3.